The zero-order chi connectivity index (χ0) is 23.0. The number of rotatable bonds is 5. The quantitative estimate of drug-likeness (QED) is 0.418. The van der Waals surface area contributed by atoms with Crippen LogP contribution in [0.1, 0.15) is 11.1 Å². The first-order chi connectivity index (χ1) is 15.3. The van der Waals surface area contributed by atoms with Crippen molar-refractivity contribution in [3.63, 3.8) is 0 Å². The Balaban J connectivity index is 1.94. The molecule has 4 rings (SSSR count). The third kappa shape index (κ3) is 3.92. The van der Waals surface area contributed by atoms with Crippen LogP contribution in [-0.4, -0.2) is 15.5 Å². The first kappa shape index (κ1) is 21.5. The number of anilines is 1. The standard InChI is InChI=1S/C24H20FN3O3S/c1-5-20(29)27-16-6-7-19(31-22-13(2)8-15(25)9-14(22)3)17(10-16)18-11-28(4)24(30)23-21(18)26-12-32-23/h5-12H,1H2,2-4H3,(H,27,29). The molecule has 0 radical (unpaired) electrons. The van der Waals surface area contributed by atoms with Crippen LogP contribution in [0, 0.1) is 19.7 Å². The number of carbonyl (C=O) groups excluding carboxylic acids is 1. The van der Waals surface area contributed by atoms with Gasteiger partial charge in [-0.1, -0.05) is 6.58 Å². The van der Waals surface area contributed by atoms with Crippen LogP contribution in [0.15, 0.2) is 59.5 Å². The Morgan fingerprint density at radius 2 is 1.94 bits per heavy atom. The highest BCUT2D eigenvalue weighted by atomic mass is 32.1. The summed E-state index contributed by atoms with van der Waals surface area (Å²) >= 11 is 1.26. The van der Waals surface area contributed by atoms with Gasteiger partial charge in [0, 0.05) is 30.1 Å². The molecule has 0 saturated carbocycles. The van der Waals surface area contributed by atoms with Crippen molar-refractivity contribution in [2.75, 3.05) is 5.32 Å². The van der Waals surface area contributed by atoms with E-state index in [1.807, 2.05) is 0 Å². The van der Waals surface area contributed by atoms with Gasteiger partial charge in [-0.2, -0.15) is 0 Å². The van der Waals surface area contributed by atoms with Gasteiger partial charge in [-0.05, 0) is 61.4 Å². The molecule has 8 heteroatoms. The van der Waals surface area contributed by atoms with Crippen molar-refractivity contribution in [3.05, 3.63) is 82.0 Å². The molecule has 0 unspecified atom stereocenters. The van der Waals surface area contributed by atoms with E-state index in [0.717, 1.165) is 0 Å². The lowest BCUT2D eigenvalue weighted by atomic mass is 10.0. The summed E-state index contributed by atoms with van der Waals surface area (Å²) in [7, 11) is 1.67. The molecule has 0 aliphatic carbocycles. The number of carbonyl (C=O) groups is 1. The second-order valence-corrected chi connectivity index (χ2v) is 8.22. The number of halogens is 1. The highest BCUT2D eigenvalue weighted by molar-refractivity contribution is 7.16. The third-order valence-electron chi connectivity index (χ3n) is 5.02. The Labute approximate surface area is 187 Å². The zero-order valence-corrected chi connectivity index (χ0v) is 18.5. The molecular weight excluding hydrogens is 429 g/mol. The number of hydrogen-bond acceptors (Lipinski definition) is 5. The number of aryl methyl sites for hydroxylation is 3. The van der Waals surface area contributed by atoms with E-state index in [0.29, 0.717) is 49.7 Å². The molecular formula is C24H20FN3O3S. The Hall–Kier alpha value is -3.78. The molecule has 2 heterocycles. The fourth-order valence-corrected chi connectivity index (χ4v) is 4.31. The van der Waals surface area contributed by atoms with Crippen LogP contribution >= 0.6 is 11.3 Å². The van der Waals surface area contributed by atoms with E-state index in [1.54, 1.807) is 50.8 Å². The number of nitrogens with one attached hydrogen (secondary N) is 1. The number of benzene rings is 2. The average Bonchev–Trinajstić information content (AvgIpc) is 3.24. The van der Waals surface area contributed by atoms with Crippen molar-refractivity contribution in [1.82, 2.24) is 9.55 Å². The van der Waals surface area contributed by atoms with Crippen molar-refractivity contribution in [3.8, 4) is 22.6 Å². The average molecular weight is 450 g/mol. The van der Waals surface area contributed by atoms with E-state index < -0.39 is 0 Å². The van der Waals surface area contributed by atoms with E-state index in [1.165, 1.54) is 34.1 Å². The highest BCUT2D eigenvalue weighted by Gasteiger charge is 2.18. The molecule has 0 atom stereocenters. The maximum absolute atomic E-state index is 13.8. The van der Waals surface area contributed by atoms with Gasteiger partial charge in [0.2, 0.25) is 5.91 Å². The van der Waals surface area contributed by atoms with Gasteiger partial charge in [0.05, 0.1) is 11.0 Å². The molecule has 1 amide bonds. The minimum Gasteiger partial charge on any atom is -0.456 e. The first-order valence-electron chi connectivity index (χ1n) is 9.73. The van der Waals surface area contributed by atoms with E-state index >= 15 is 0 Å². The lowest BCUT2D eigenvalue weighted by Crippen LogP contribution is -2.15. The van der Waals surface area contributed by atoms with Gasteiger partial charge in [-0.15, -0.1) is 11.3 Å². The number of ether oxygens (including phenoxy) is 1. The van der Waals surface area contributed by atoms with Gasteiger partial charge in [0.25, 0.3) is 5.56 Å². The van der Waals surface area contributed by atoms with Crippen LogP contribution in [-0.2, 0) is 11.8 Å². The number of nitrogens with zero attached hydrogens (tertiary/aromatic N) is 2. The smallest absolute Gasteiger partial charge is 0.269 e. The summed E-state index contributed by atoms with van der Waals surface area (Å²) in [6.07, 6.45) is 2.87. The lowest BCUT2D eigenvalue weighted by Gasteiger charge is -2.17. The maximum atomic E-state index is 13.8. The van der Waals surface area contributed by atoms with Gasteiger partial charge in [-0.25, -0.2) is 9.37 Å². The number of aromatic nitrogens is 2. The van der Waals surface area contributed by atoms with Gasteiger partial charge in [-0.3, -0.25) is 9.59 Å². The molecule has 6 nitrogen and oxygen atoms in total. The van der Waals surface area contributed by atoms with Crippen molar-refractivity contribution >= 4 is 33.1 Å². The summed E-state index contributed by atoms with van der Waals surface area (Å²) in [6.45, 7) is 7.02. The molecule has 4 aromatic rings. The molecule has 32 heavy (non-hydrogen) atoms. The fourth-order valence-electron chi connectivity index (χ4n) is 3.53. The normalized spacial score (nSPS) is 10.9. The number of hydrogen-bond donors (Lipinski definition) is 1. The number of amides is 1. The predicted molar refractivity (Wildman–Crippen MR) is 125 cm³/mol. The molecule has 2 aromatic carbocycles. The van der Waals surface area contributed by atoms with Crippen LogP contribution in [0.2, 0.25) is 0 Å². The molecule has 0 spiro atoms. The molecule has 1 N–H and O–H groups in total. The van der Waals surface area contributed by atoms with Gasteiger partial charge < -0.3 is 14.6 Å². The molecule has 0 aliphatic heterocycles. The summed E-state index contributed by atoms with van der Waals surface area (Å²) in [5.41, 5.74) is 5.15. The number of thiazole rings is 1. The van der Waals surface area contributed by atoms with Gasteiger partial charge in [0.15, 0.2) is 0 Å². The molecule has 2 aromatic heterocycles. The second-order valence-electron chi connectivity index (χ2n) is 7.36. The topological polar surface area (TPSA) is 73.2 Å². The Morgan fingerprint density at radius 1 is 1.22 bits per heavy atom. The Morgan fingerprint density at radius 3 is 2.62 bits per heavy atom. The zero-order valence-electron chi connectivity index (χ0n) is 17.7. The minimum absolute atomic E-state index is 0.143. The van der Waals surface area contributed by atoms with Crippen LogP contribution in [0.5, 0.6) is 11.5 Å². The first-order valence-corrected chi connectivity index (χ1v) is 10.6. The van der Waals surface area contributed by atoms with Crippen LogP contribution < -0.4 is 15.6 Å². The van der Waals surface area contributed by atoms with Crippen molar-refractivity contribution in [2.24, 2.45) is 7.05 Å². The molecule has 0 aliphatic rings. The number of fused-ring (bicyclic) bond motifs is 1. The fraction of sp³-hybridized carbons (Fsp3) is 0.125. The van der Waals surface area contributed by atoms with Crippen molar-refractivity contribution in [2.45, 2.75) is 13.8 Å². The van der Waals surface area contributed by atoms with Crippen LogP contribution in [0.4, 0.5) is 10.1 Å². The van der Waals surface area contributed by atoms with E-state index in [4.69, 9.17) is 4.74 Å². The van der Waals surface area contributed by atoms with Gasteiger partial charge in [0.1, 0.15) is 22.0 Å². The summed E-state index contributed by atoms with van der Waals surface area (Å²) in [5.74, 6) is 0.327. The summed E-state index contributed by atoms with van der Waals surface area (Å²) in [6, 6.07) is 7.99. The molecule has 0 saturated heterocycles. The van der Waals surface area contributed by atoms with E-state index in [-0.39, 0.29) is 17.3 Å². The van der Waals surface area contributed by atoms with E-state index in [9.17, 15) is 14.0 Å². The van der Waals surface area contributed by atoms with Gasteiger partial charge >= 0.3 is 0 Å². The predicted octanol–water partition coefficient (Wildman–Crippen LogP) is 5.33. The lowest BCUT2D eigenvalue weighted by molar-refractivity contribution is -0.111. The van der Waals surface area contributed by atoms with Crippen molar-refractivity contribution < 1.29 is 13.9 Å². The highest BCUT2D eigenvalue weighted by Crippen LogP contribution is 2.40. The summed E-state index contributed by atoms with van der Waals surface area (Å²) in [5, 5.41) is 2.74. The SMILES string of the molecule is C=CC(=O)Nc1ccc(Oc2c(C)cc(F)cc2C)c(-c2cn(C)c(=O)c3scnc23)c1. The monoisotopic (exact) mass is 449 g/mol. The molecule has 0 fully saturated rings. The Bertz CT molecular complexity index is 1420. The third-order valence-corrected chi connectivity index (χ3v) is 5.83. The summed E-state index contributed by atoms with van der Waals surface area (Å²) < 4.78 is 22.0. The van der Waals surface area contributed by atoms with E-state index in [2.05, 4.69) is 16.9 Å². The van der Waals surface area contributed by atoms with Crippen LogP contribution in [0.25, 0.3) is 21.3 Å². The Kier molecular flexibility index (Phi) is 5.63. The number of pyridine rings is 1. The minimum atomic E-state index is -0.353. The molecule has 0 bridgehead atoms. The maximum Gasteiger partial charge on any atom is 0.269 e. The second kappa shape index (κ2) is 8.39. The molecule has 162 valence electrons. The summed E-state index contributed by atoms with van der Waals surface area (Å²) in [4.78, 5) is 28.8. The van der Waals surface area contributed by atoms with Crippen molar-refractivity contribution in [1.29, 1.82) is 0 Å². The van der Waals surface area contributed by atoms with Crippen LogP contribution in [0.3, 0.4) is 0 Å². The largest absolute Gasteiger partial charge is 0.456 e.